The third-order valence-electron chi connectivity index (χ3n) is 4.08. The van der Waals surface area contributed by atoms with E-state index < -0.39 is 5.97 Å². The molecule has 0 aliphatic heterocycles. The molecule has 120 valence electrons. The zero-order valence-electron chi connectivity index (χ0n) is 12.8. The molecule has 1 amide bonds. The Morgan fingerprint density at radius 3 is 2.64 bits per heavy atom. The Morgan fingerprint density at radius 1 is 1.41 bits per heavy atom. The monoisotopic (exact) mass is 368 g/mol. The lowest BCUT2D eigenvalue weighted by Gasteiger charge is -2.42. The lowest BCUT2D eigenvalue weighted by molar-refractivity contribution is -0.139. The molecule has 2 rings (SSSR count). The predicted octanol–water partition coefficient (Wildman–Crippen LogP) is 2.42. The SMILES string of the molecule is CCN(CC(=O)O)C1CC(NC(=O)c2ccc(C)cc2Br)C1. The fourth-order valence-corrected chi connectivity index (χ4v) is 3.42. The average molecular weight is 369 g/mol. The number of carbonyl (C=O) groups is 2. The second-order valence-electron chi connectivity index (χ2n) is 5.74. The molecule has 22 heavy (non-hydrogen) atoms. The van der Waals surface area contributed by atoms with E-state index in [9.17, 15) is 9.59 Å². The molecule has 0 radical (unpaired) electrons. The third-order valence-corrected chi connectivity index (χ3v) is 4.73. The first-order chi connectivity index (χ1) is 10.4. The molecule has 0 unspecified atom stereocenters. The highest BCUT2D eigenvalue weighted by Crippen LogP contribution is 2.26. The van der Waals surface area contributed by atoms with E-state index in [1.54, 1.807) is 0 Å². The van der Waals surface area contributed by atoms with Gasteiger partial charge in [0.05, 0.1) is 12.1 Å². The summed E-state index contributed by atoms with van der Waals surface area (Å²) in [6.45, 7) is 4.70. The number of rotatable bonds is 6. The molecule has 1 aliphatic rings. The van der Waals surface area contributed by atoms with Crippen LogP contribution in [0.2, 0.25) is 0 Å². The van der Waals surface area contributed by atoms with Crippen molar-refractivity contribution in [2.75, 3.05) is 13.1 Å². The Balaban J connectivity index is 1.86. The van der Waals surface area contributed by atoms with Crippen molar-refractivity contribution < 1.29 is 14.7 Å². The molecule has 1 aliphatic carbocycles. The summed E-state index contributed by atoms with van der Waals surface area (Å²) < 4.78 is 0.793. The molecule has 5 nitrogen and oxygen atoms in total. The molecule has 0 saturated heterocycles. The molecule has 1 aromatic carbocycles. The van der Waals surface area contributed by atoms with E-state index in [0.717, 1.165) is 22.9 Å². The summed E-state index contributed by atoms with van der Waals surface area (Å²) in [6, 6.07) is 6.01. The maximum absolute atomic E-state index is 12.3. The van der Waals surface area contributed by atoms with Crippen molar-refractivity contribution in [3.8, 4) is 0 Å². The highest BCUT2D eigenvalue weighted by atomic mass is 79.9. The van der Waals surface area contributed by atoms with E-state index >= 15 is 0 Å². The lowest BCUT2D eigenvalue weighted by Crippen LogP contribution is -2.54. The molecule has 0 heterocycles. The Kier molecular flexibility index (Phi) is 5.58. The van der Waals surface area contributed by atoms with Gasteiger partial charge in [-0.2, -0.15) is 0 Å². The number of carbonyl (C=O) groups excluding carboxylic acids is 1. The first-order valence-electron chi connectivity index (χ1n) is 7.43. The molecule has 1 aromatic rings. The number of carboxylic acid groups (broad SMARTS) is 1. The van der Waals surface area contributed by atoms with Crippen LogP contribution in [0.25, 0.3) is 0 Å². The third kappa shape index (κ3) is 4.08. The normalized spacial score (nSPS) is 20.5. The summed E-state index contributed by atoms with van der Waals surface area (Å²) >= 11 is 3.42. The van der Waals surface area contributed by atoms with Crippen LogP contribution < -0.4 is 5.32 Å². The molecule has 0 atom stereocenters. The van der Waals surface area contributed by atoms with Gasteiger partial charge in [0.25, 0.3) is 5.91 Å². The second kappa shape index (κ2) is 7.24. The van der Waals surface area contributed by atoms with Crippen molar-refractivity contribution in [1.29, 1.82) is 0 Å². The topological polar surface area (TPSA) is 69.6 Å². The summed E-state index contributed by atoms with van der Waals surface area (Å²) in [7, 11) is 0. The van der Waals surface area contributed by atoms with Crippen molar-refractivity contribution in [2.45, 2.75) is 38.8 Å². The standard InChI is InChI=1S/C16H21BrN2O3/c1-3-19(9-15(20)21)12-7-11(8-12)18-16(22)13-5-4-10(2)6-14(13)17/h4-6,11-12H,3,7-9H2,1-2H3,(H,18,22)(H,20,21). The number of likely N-dealkylation sites (N-methyl/N-ethyl adjacent to an activating group) is 1. The van der Waals surface area contributed by atoms with Crippen LogP contribution in [-0.4, -0.2) is 47.1 Å². The first-order valence-corrected chi connectivity index (χ1v) is 8.22. The fraction of sp³-hybridized carbons (Fsp3) is 0.500. The fourth-order valence-electron chi connectivity index (χ4n) is 2.74. The minimum Gasteiger partial charge on any atom is -0.480 e. The molecule has 6 heteroatoms. The van der Waals surface area contributed by atoms with E-state index in [4.69, 9.17) is 5.11 Å². The van der Waals surface area contributed by atoms with Crippen molar-refractivity contribution in [1.82, 2.24) is 10.2 Å². The quantitative estimate of drug-likeness (QED) is 0.808. The van der Waals surface area contributed by atoms with Crippen molar-refractivity contribution in [2.24, 2.45) is 0 Å². The number of benzene rings is 1. The molecular formula is C16H21BrN2O3. The molecule has 2 N–H and O–H groups in total. The lowest BCUT2D eigenvalue weighted by atomic mass is 9.85. The van der Waals surface area contributed by atoms with Gasteiger partial charge in [0.2, 0.25) is 0 Å². The van der Waals surface area contributed by atoms with Gasteiger partial charge in [-0.1, -0.05) is 13.0 Å². The number of hydrogen-bond donors (Lipinski definition) is 2. The van der Waals surface area contributed by atoms with E-state index in [0.29, 0.717) is 12.1 Å². The van der Waals surface area contributed by atoms with Crippen LogP contribution in [0.5, 0.6) is 0 Å². The summed E-state index contributed by atoms with van der Waals surface area (Å²) in [5, 5.41) is 11.9. The minimum atomic E-state index is -0.807. The number of aliphatic carboxylic acids is 1. The van der Waals surface area contributed by atoms with E-state index in [1.807, 2.05) is 36.9 Å². The number of nitrogens with one attached hydrogen (secondary N) is 1. The number of nitrogens with zero attached hydrogens (tertiary/aromatic N) is 1. The largest absolute Gasteiger partial charge is 0.480 e. The van der Waals surface area contributed by atoms with Gasteiger partial charge in [0.1, 0.15) is 0 Å². The van der Waals surface area contributed by atoms with Crippen molar-refractivity contribution >= 4 is 27.8 Å². The van der Waals surface area contributed by atoms with E-state index in [1.165, 1.54) is 0 Å². The highest BCUT2D eigenvalue weighted by Gasteiger charge is 2.34. The number of hydrogen-bond acceptors (Lipinski definition) is 3. The highest BCUT2D eigenvalue weighted by molar-refractivity contribution is 9.10. The van der Waals surface area contributed by atoms with Gasteiger partial charge in [0, 0.05) is 16.6 Å². The van der Waals surface area contributed by atoms with Gasteiger partial charge in [-0.05, 0) is 59.9 Å². The number of aryl methyl sites for hydroxylation is 1. The zero-order valence-corrected chi connectivity index (χ0v) is 14.4. The number of halogens is 1. The van der Waals surface area contributed by atoms with Crippen LogP contribution in [0.4, 0.5) is 0 Å². The van der Waals surface area contributed by atoms with Crippen LogP contribution in [0.3, 0.4) is 0 Å². The van der Waals surface area contributed by atoms with Gasteiger partial charge in [-0.3, -0.25) is 14.5 Å². The Hall–Kier alpha value is -1.40. The maximum atomic E-state index is 12.3. The molecule has 0 bridgehead atoms. The van der Waals surface area contributed by atoms with Gasteiger partial charge in [-0.15, -0.1) is 0 Å². The van der Waals surface area contributed by atoms with Gasteiger partial charge >= 0.3 is 5.97 Å². The van der Waals surface area contributed by atoms with Crippen LogP contribution >= 0.6 is 15.9 Å². The minimum absolute atomic E-state index is 0.0609. The molecule has 0 aromatic heterocycles. The molecular weight excluding hydrogens is 348 g/mol. The van der Waals surface area contributed by atoms with Crippen LogP contribution in [0, 0.1) is 6.92 Å². The van der Waals surface area contributed by atoms with E-state index in [-0.39, 0.29) is 24.5 Å². The predicted molar refractivity (Wildman–Crippen MR) is 88.0 cm³/mol. The smallest absolute Gasteiger partial charge is 0.317 e. The summed E-state index contributed by atoms with van der Waals surface area (Å²) in [6.07, 6.45) is 1.60. The van der Waals surface area contributed by atoms with Gasteiger partial charge in [-0.25, -0.2) is 0 Å². The van der Waals surface area contributed by atoms with E-state index in [2.05, 4.69) is 21.2 Å². The summed E-state index contributed by atoms with van der Waals surface area (Å²) in [5.74, 6) is -0.894. The van der Waals surface area contributed by atoms with Crippen LogP contribution in [-0.2, 0) is 4.79 Å². The van der Waals surface area contributed by atoms with Crippen LogP contribution in [0.1, 0.15) is 35.7 Å². The Morgan fingerprint density at radius 2 is 2.09 bits per heavy atom. The average Bonchev–Trinajstić information content (AvgIpc) is 2.39. The summed E-state index contributed by atoms with van der Waals surface area (Å²) in [5.41, 5.74) is 1.73. The Bertz CT molecular complexity index is 571. The molecule has 1 saturated carbocycles. The number of amides is 1. The van der Waals surface area contributed by atoms with Gasteiger partial charge in [0.15, 0.2) is 0 Å². The van der Waals surface area contributed by atoms with Crippen LogP contribution in [0.15, 0.2) is 22.7 Å². The van der Waals surface area contributed by atoms with Gasteiger partial charge < -0.3 is 10.4 Å². The second-order valence-corrected chi connectivity index (χ2v) is 6.59. The number of carboxylic acids is 1. The first kappa shape index (κ1) is 17.0. The summed E-state index contributed by atoms with van der Waals surface area (Å²) in [4.78, 5) is 25.0. The molecule has 0 spiro atoms. The zero-order chi connectivity index (χ0) is 16.3. The Labute approximate surface area is 138 Å². The maximum Gasteiger partial charge on any atom is 0.317 e. The molecule has 1 fully saturated rings. The van der Waals surface area contributed by atoms with Crippen molar-refractivity contribution in [3.63, 3.8) is 0 Å². The van der Waals surface area contributed by atoms with Crippen molar-refractivity contribution in [3.05, 3.63) is 33.8 Å².